The van der Waals surface area contributed by atoms with Crippen molar-refractivity contribution in [2.75, 3.05) is 13.2 Å². The summed E-state index contributed by atoms with van der Waals surface area (Å²) in [5.41, 5.74) is -0.495. The first-order valence-electron chi connectivity index (χ1n) is 7.41. The Labute approximate surface area is 157 Å². The molecule has 2 unspecified atom stereocenters. The number of phosphoric ester groups is 2. The molecule has 6 atom stereocenters. The smallest absolute Gasteiger partial charge is 0.274 e. The number of hydrogen-bond acceptors (Lipinski definition) is 12. The van der Waals surface area contributed by atoms with E-state index in [9.17, 15) is 33.9 Å². The van der Waals surface area contributed by atoms with Crippen LogP contribution in [0.3, 0.4) is 0 Å². The molecule has 2 rings (SSSR count). The molecule has 0 aliphatic carbocycles. The summed E-state index contributed by atoms with van der Waals surface area (Å²) >= 11 is 4.92. The summed E-state index contributed by atoms with van der Waals surface area (Å²) in [6, 6.07) is 1.10. The Morgan fingerprint density at radius 3 is 2.52 bits per heavy atom. The van der Waals surface area contributed by atoms with Gasteiger partial charge in [0.15, 0.2) is 11.0 Å². The van der Waals surface area contributed by atoms with Gasteiger partial charge in [-0.05, 0) is 19.1 Å². The summed E-state index contributed by atoms with van der Waals surface area (Å²) in [4.78, 5) is 36.3. The molecule has 1 aliphatic heterocycles. The van der Waals surface area contributed by atoms with E-state index in [1.165, 1.54) is 13.1 Å². The van der Waals surface area contributed by atoms with Crippen LogP contribution in [0.15, 0.2) is 17.1 Å². The SMILES string of the molecule is CCOP(=O)([O-])OP(=O)([O-])OC[C@H]1O[C@@H](n2ccc(=O)[nH]c2=S)[C@H](O)[C@@H]1O. The third kappa shape index (κ3) is 5.86. The molecular weight excluding hydrogens is 430 g/mol. The second kappa shape index (κ2) is 8.72. The monoisotopic (exact) mass is 446 g/mol. The van der Waals surface area contributed by atoms with E-state index in [1.807, 2.05) is 0 Å². The Morgan fingerprint density at radius 1 is 1.30 bits per heavy atom. The summed E-state index contributed by atoms with van der Waals surface area (Å²) in [6.45, 7) is 0.0911. The molecule has 0 bridgehead atoms. The van der Waals surface area contributed by atoms with Crippen molar-refractivity contribution in [1.29, 1.82) is 0 Å². The van der Waals surface area contributed by atoms with Crippen molar-refractivity contribution < 1.29 is 47.2 Å². The van der Waals surface area contributed by atoms with Crippen LogP contribution in [-0.2, 0) is 27.2 Å². The van der Waals surface area contributed by atoms with Crippen LogP contribution >= 0.6 is 27.9 Å². The van der Waals surface area contributed by atoms with E-state index in [2.05, 4.69) is 18.3 Å². The van der Waals surface area contributed by atoms with E-state index < -0.39 is 52.4 Å². The molecule has 3 N–H and O–H groups in total. The van der Waals surface area contributed by atoms with Crippen molar-refractivity contribution in [3.8, 4) is 0 Å². The van der Waals surface area contributed by atoms with Crippen LogP contribution in [0.1, 0.15) is 13.2 Å². The lowest BCUT2D eigenvalue weighted by Crippen LogP contribution is -2.34. The standard InChI is InChI=1S/C11H18N2O11P2S/c1-2-21-25(17,18)24-26(19,20)22-5-6-8(15)9(16)10(23-6)13-4-3-7(14)12-11(13)27/h3-4,6,8-10,15-16H,2,5H2,1H3,(H,17,18)(H,19,20)(H,12,14,27)/p-2/t6-,8-,9-,10-/m1/s1. The van der Waals surface area contributed by atoms with E-state index in [-0.39, 0.29) is 11.4 Å². The predicted octanol–water partition coefficient (Wildman–Crippen LogP) is -1.47. The molecule has 1 saturated heterocycles. The van der Waals surface area contributed by atoms with E-state index in [4.69, 9.17) is 17.0 Å². The van der Waals surface area contributed by atoms with Gasteiger partial charge in [-0.25, -0.2) is 4.31 Å². The number of phosphoric acid groups is 2. The van der Waals surface area contributed by atoms with Crippen LogP contribution in [0.2, 0.25) is 0 Å². The zero-order chi connectivity index (χ0) is 20.4. The van der Waals surface area contributed by atoms with Gasteiger partial charge < -0.3 is 33.8 Å². The molecular formula is C11H16N2O11P2S-2. The predicted molar refractivity (Wildman–Crippen MR) is 85.7 cm³/mol. The first-order chi connectivity index (χ1) is 12.5. The van der Waals surface area contributed by atoms with Crippen LogP contribution in [0.4, 0.5) is 0 Å². The maximum atomic E-state index is 11.6. The topological polar surface area (TPSA) is 195 Å². The van der Waals surface area contributed by atoms with Gasteiger partial charge in [-0.3, -0.25) is 23.5 Å². The summed E-state index contributed by atoms with van der Waals surface area (Å²) in [6.07, 6.45) is -4.56. The van der Waals surface area contributed by atoms with E-state index in [0.29, 0.717) is 0 Å². The molecule has 0 radical (unpaired) electrons. The Kier molecular flexibility index (Phi) is 7.28. The summed E-state index contributed by atoms with van der Waals surface area (Å²) in [5.74, 6) is 0. The average Bonchev–Trinajstić information content (AvgIpc) is 2.80. The number of ether oxygens (including phenoxy) is 1. The zero-order valence-electron chi connectivity index (χ0n) is 13.7. The fourth-order valence-electron chi connectivity index (χ4n) is 2.22. The maximum Gasteiger partial charge on any atom is 0.274 e. The number of aromatic amines is 1. The molecule has 16 heteroatoms. The first-order valence-corrected chi connectivity index (χ1v) is 10.7. The number of aliphatic hydroxyl groups is 2. The molecule has 0 spiro atoms. The summed E-state index contributed by atoms with van der Waals surface area (Å²) in [5, 5.41) is 20.1. The Balaban J connectivity index is 2.05. The highest BCUT2D eigenvalue weighted by atomic mass is 32.1. The van der Waals surface area contributed by atoms with E-state index in [1.54, 1.807) is 0 Å². The van der Waals surface area contributed by atoms with Crippen molar-refractivity contribution in [1.82, 2.24) is 9.55 Å². The zero-order valence-corrected chi connectivity index (χ0v) is 16.3. The van der Waals surface area contributed by atoms with E-state index in [0.717, 1.165) is 10.6 Å². The molecule has 0 saturated carbocycles. The molecule has 0 amide bonds. The van der Waals surface area contributed by atoms with Gasteiger partial charge in [0.1, 0.15) is 18.3 Å². The van der Waals surface area contributed by atoms with Crippen molar-refractivity contribution in [2.45, 2.75) is 31.5 Å². The number of nitrogens with zero attached hydrogens (tertiary/aromatic N) is 1. The van der Waals surface area contributed by atoms with Crippen LogP contribution in [-0.4, -0.2) is 51.3 Å². The van der Waals surface area contributed by atoms with Crippen LogP contribution in [0.5, 0.6) is 0 Å². The van der Waals surface area contributed by atoms with Gasteiger partial charge in [0.25, 0.3) is 21.2 Å². The molecule has 1 aromatic heterocycles. The highest BCUT2D eigenvalue weighted by Gasteiger charge is 2.44. The van der Waals surface area contributed by atoms with Gasteiger partial charge >= 0.3 is 0 Å². The van der Waals surface area contributed by atoms with Gasteiger partial charge in [0, 0.05) is 12.3 Å². The van der Waals surface area contributed by atoms with Crippen LogP contribution in [0, 0.1) is 4.77 Å². The minimum absolute atomic E-state index is 0.109. The lowest BCUT2D eigenvalue weighted by molar-refractivity contribution is -0.245. The third-order valence-corrected chi connectivity index (χ3v) is 6.30. The molecule has 27 heavy (non-hydrogen) atoms. The second-order valence-electron chi connectivity index (χ2n) is 5.25. The fourth-order valence-corrected chi connectivity index (χ4v) is 4.48. The lowest BCUT2D eigenvalue weighted by Gasteiger charge is -2.30. The number of H-pyrrole nitrogens is 1. The number of rotatable bonds is 8. The van der Waals surface area contributed by atoms with Gasteiger partial charge in [-0.2, -0.15) is 0 Å². The maximum absolute atomic E-state index is 11.6. The normalized spacial score (nSPS) is 30.0. The molecule has 0 aromatic carbocycles. The quantitative estimate of drug-likeness (QED) is 0.310. The van der Waals surface area contributed by atoms with Crippen molar-refractivity contribution in [2.24, 2.45) is 0 Å². The van der Waals surface area contributed by atoms with Crippen LogP contribution < -0.4 is 15.3 Å². The van der Waals surface area contributed by atoms with Gasteiger partial charge in [0.05, 0.1) is 13.2 Å². The van der Waals surface area contributed by atoms with Gasteiger partial charge in [0.2, 0.25) is 0 Å². The number of nitrogens with one attached hydrogen (secondary N) is 1. The largest absolute Gasteiger partial charge is 0.756 e. The summed E-state index contributed by atoms with van der Waals surface area (Å²) in [7, 11) is -10.5. The third-order valence-electron chi connectivity index (χ3n) is 3.35. The Morgan fingerprint density at radius 2 is 1.93 bits per heavy atom. The molecule has 1 fully saturated rings. The van der Waals surface area contributed by atoms with Crippen LogP contribution in [0.25, 0.3) is 0 Å². The molecule has 1 aromatic rings. The molecule has 13 nitrogen and oxygen atoms in total. The van der Waals surface area contributed by atoms with Crippen molar-refractivity contribution >= 4 is 27.9 Å². The number of aromatic nitrogens is 2. The Bertz CT molecular complexity index is 872. The number of hydrogen-bond donors (Lipinski definition) is 3. The van der Waals surface area contributed by atoms with Gasteiger partial charge in [-0.15, -0.1) is 0 Å². The first kappa shape index (κ1) is 22.5. The number of aliphatic hydroxyl groups excluding tert-OH is 2. The minimum Gasteiger partial charge on any atom is -0.756 e. The molecule has 1 aliphatic rings. The fraction of sp³-hybridized carbons (Fsp3) is 0.636. The van der Waals surface area contributed by atoms with Crippen molar-refractivity contribution in [3.63, 3.8) is 0 Å². The minimum atomic E-state index is -5.35. The Hall–Kier alpha value is -0.760. The molecule has 154 valence electrons. The highest BCUT2D eigenvalue weighted by Crippen LogP contribution is 2.55. The van der Waals surface area contributed by atoms with Crippen molar-refractivity contribution in [3.05, 3.63) is 27.4 Å². The summed E-state index contributed by atoms with van der Waals surface area (Å²) < 4.78 is 41.5. The highest BCUT2D eigenvalue weighted by molar-refractivity contribution is 7.71. The lowest BCUT2D eigenvalue weighted by atomic mass is 10.1. The van der Waals surface area contributed by atoms with Gasteiger partial charge in [-0.1, -0.05) is 0 Å². The van der Waals surface area contributed by atoms with E-state index >= 15 is 0 Å². The second-order valence-corrected chi connectivity index (χ2v) is 8.60. The average molecular weight is 446 g/mol. The molecule has 2 heterocycles.